The lowest BCUT2D eigenvalue weighted by molar-refractivity contribution is 0.0475. The number of benzene rings is 2. The van der Waals surface area contributed by atoms with Crippen LogP contribution in [0.2, 0.25) is 0 Å². The van der Waals surface area contributed by atoms with Crippen molar-refractivity contribution in [1.29, 1.82) is 0 Å². The van der Waals surface area contributed by atoms with E-state index >= 15 is 0 Å². The van der Waals surface area contributed by atoms with Crippen molar-refractivity contribution in [1.82, 2.24) is 4.57 Å². The van der Waals surface area contributed by atoms with Crippen molar-refractivity contribution in [3.8, 4) is 11.5 Å². The fourth-order valence-corrected chi connectivity index (χ4v) is 4.01. The van der Waals surface area contributed by atoms with Crippen molar-refractivity contribution in [2.75, 3.05) is 31.7 Å². The normalized spacial score (nSPS) is 14.5. The van der Waals surface area contributed by atoms with Crippen LogP contribution in [0.1, 0.15) is 32.1 Å². The minimum absolute atomic E-state index is 0.0674. The number of ether oxygens (including phenoxy) is 3. The maximum absolute atomic E-state index is 12.9. The smallest absolute Gasteiger partial charge is 0.340 e. The average Bonchev–Trinajstić information content (AvgIpc) is 3.14. The highest BCUT2D eigenvalue weighted by Gasteiger charge is 2.24. The first-order valence-corrected chi connectivity index (χ1v) is 11.2. The number of carbonyl (C=O) groups is 2. The molecule has 1 aromatic heterocycles. The van der Waals surface area contributed by atoms with Crippen LogP contribution < -0.4 is 14.8 Å². The summed E-state index contributed by atoms with van der Waals surface area (Å²) in [5.74, 6) is 0.554. The van der Waals surface area contributed by atoms with Gasteiger partial charge in [0.25, 0.3) is 0 Å². The number of aliphatic hydroxyl groups excluding tert-OH is 1. The first-order chi connectivity index (χ1) is 16.5. The van der Waals surface area contributed by atoms with Gasteiger partial charge in [0, 0.05) is 29.2 Å². The Labute approximate surface area is 198 Å². The van der Waals surface area contributed by atoms with Gasteiger partial charge in [-0.15, -0.1) is 0 Å². The summed E-state index contributed by atoms with van der Waals surface area (Å²) in [5, 5.41) is 12.0. The third-order valence-corrected chi connectivity index (χ3v) is 5.74. The molecule has 0 spiro atoms. The Morgan fingerprint density at radius 3 is 2.62 bits per heavy atom. The van der Waals surface area contributed by atoms with Crippen molar-refractivity contribution < 1.29 is 28.9 Å². The molecule has 0 fully saturated rings. The van der Waals surface area contributed by atoms with E-state index in [9.17, 15) is 9.59 Å². The molecule has 8 heteroatoms. The zero-order chi connectivity index (χ0) is 24.1. The van der Waals surface area contributed by atoms with E-state index < -0.39 is 5.97 Å². The summed E-state index contributed by atoms with van der Waals surface area (Å²) in [6.07, 6.45) is -0.191. The van der Waals surface area contributed by atoms with Crippen molar-refractivity contribution in [3.63, 3.8) is 0 Å². The summed E-state index contributed by atoms with van der Waals surface area (Å²) in [7, 11) is 0. The van der Waals surface area contributed by atoms with Crippen LogP contribution in [-0.4, -0.2) is 53.9 Å². The highest BCUT2D eigenvalue weighted by atomic mass is 16.6. The van der Waals surface area contributed by atoms with E-state index in [2.05, 4.69) is 5.32 Å². The molecule has 0 saturated carbocycles. The first kappa shape index (κ1) is 23.4. The minimum Gasteiger partial charge on any atom is -0.486 e. The molecule has 2 N–H and O–H groups in total. The standard InChI is InChI=1S/C26H28N2O6/c1-17-13-21(18(2)28(17)14-19-15-32-24-9-5-6-10-25(24)34-19)23(30)16-33-26(31)20-7-3-4-8-22(20)27-11-12-29/h3-10,13,19,27,29H,11-12,14-16H2,1-2H3/t19-/m0/s1. The van der Waals surface area contributed by atoms with Crippen LogP contribution in [0.25, 0.3) is 0 Å². The predicted molar refractivity (Wildman–Crippen MR) is 127 cm³/mol. The Bertz CT molecular complexity index is 1190. The van der Waals surface area contributed by atoms with Crippen LogP contribution >= 0.6 is 0 Å². The van der Waals surface area contributed by atoms with E-state index in [0.717, 1.165) is 17.1 Å². The zero-order valence-corrected chi connectivity index (χ0v) is 19.2. The topological polar surface area (TPSA) is 99.0 Å². The summed E-state index contributed by atoms with van der Waals surface area (Å²) in [5.41, 5.74) is 3.06. The van der Waals surface area contributed by atoms with Gasteiger partial charge in [0.2, 0.25) is 5.78 Å². The van der Waals surface area contributed by atoms with E-state index in [4.69, 9.17) is 19.3 Å². The van der Waals surface area contributed by atoms with Gasteiger partial charge >= 0.3 is 5.97 Å². The Morgan fingerprint density at radius 2 is 1.82 bits per heavy atom. The SMILES string of the molecule is Cc1cc(C(=O)COC(=O)c2ccccc2NCCO)c(C)n1C[C@H]1COc2ccccc2O1. The average molecular weight is 465 g/mol. The molecule has 0 radical (unpaired) electrons. The van der Waals surface area contributed by atoms with Gasteiger partial charge in [-0.1, -0.05) is 24.3 Å². The molecule has 0 amide bonds. The summed E-state index contributed by atoms with van der Waals surface area (Å²) >= 11 is 0. The molecule has 2 heterocycles. The summed E-state index contributed by atoms with van der Waals surface area (Å²) in [6.45, 7) is 4.61. The maximum atomic E-state index is 12.9. The highest BCUT2D eigenvalue weighted by molar-refractivity contribution is 6.01. The van der Waals surface area contributed by atoms with Crippen LogP contribution in [0.5, 0.6) is 11.5 Å². The van der Waals surface area contributed by atoms with E-state index in [1.54, 1.807) is 30.3 Å². The molecular formula is C26H28N2O6. The number of ketones is 1. The summed E-state index contributed by atoms with van der Waals surface area (Å²) in [6, 6.07) is 16.2. The number of para-hydroxylation sites is 3. The number of aryl methyl sites for hydroxylation is 1. The zero-order valence-electron chi connectivity index (χ0n) is 19.2. The fourth-order valence-electron chi connectivity index (χ4n) is 4.01. The molecular weight excluding hydrogens is 436 g/mol. The molecule has 2 aromatic carbocycles. The van der Waals surface area contributed by atoms with Crippen molar-refractivity contribution >= 4 is 17.4 Å². The molecule has 1 aliphatic rings. The molecule has 8 nitrogen and oxygen atoms in total. The van der Waals surface area contributed by atoms with Gasteiger partial charge < -0.3 is 29.2 Å². The van der Waals surface area contributed by atoms with Crippen LogP contribution in [0.3, 0.4) is 0 Å². The fraction of sp³-hybridized carbons (Fsp3) is 0.308. The van der Waals surface area contributed by atoms with Gasteiger partial charge in [0.05, 0.1) is 18.7 Å². The van der Waals surface area contributed by atoms with Gasteiger partial charge in [-0.2, -0.15) is 0 Å². The first-order valence-electron chi connectivity index (χ1n) is 11.2. The van der Waals surface area contributed by atoms with Crippen LogP contribution in [0.4, 0.5) is 5.69 Å². The van der Waals surface area contributed by atoms with E-state index in [1.807, 2.05) is 42.7 Å². The Balaban J connectivity index is 1.40. The number of fused-ring (bicyclic) bond motifs is 1. The third kappa shape index (κ3) is 5.07. The Hall–Kier alpha value is -3.78. The maximum Gasteiger partial charge on any atom is 0.340 e. The highest BCUT2D eigenvalue weighted by Crippen LogP contribution is 2.31. The molecule has 34 heavy (non-hydrogen) atoms. The van der Waals surface area contributed by atoms with E-state index in [-0.39, 0.29) is 25.1 Å². The van der Waals surface area contributed by atoms with Crippen LogP contribution in [0.15, 0.2) is 54.6 Å². The van der Waals surface area contributed by atoms with Crippen LogP contribution in [0, 0.1) is 13.8 Å². The number of nitrogens with zero attached hydrogens (tertiary/aromatic N) is 1. The quantitative estimate of drug-likeness (QED) is 0.370. The number of carbonyl (C=O) groups excluding carboxylic acids is 2. The number of Topliss-reactive ketones (excluding diaryl/α,β-unsaturated/α-hetero) is 1. The van der Waals surface area contributed by atoms with Crippen molar-refractivity contribution in [2.45, 2.75) is 26.5 Å². The number of aliphatic hydroxyl groups is 1. The van der Waals surface area contributed by atoms with Gasteiger partial charge in [-0.3, -0.25) is 4.79 Å². The molecule has 4 rings (SSSR count). The Kier molecular flexibility index (Phi) is 7.18. The largest absolute Gasteiger partial charge is 0.486 e. The number of aromatic nitrogens is 1. The third-order valence-electron chi connectivity index (χ3n) is 5.74. The summed E-state index contributed by atoms with van der Waals surface area (Å²) in [4.78, 5) is 25.5. The van der Waals surface area contributed by atoms with E-state index in [0.29, 0.717) is 42.3 Å². The molecule has 3 aromatic rings. The molecule has 1 aliphatic heterocycles. The summed E-state index contributed by atoms with van der Waals surface area (Å²) < 4.78 is 19.2. The molecule has 0 unspecified atom stereocenters. The number of hydrogen-bond donors (Lipinski definition) is 2. The molecule has 1 atom stereocenters. The van der Waals surface area contributed by atoms with Crippen molar-refractivity contribution in [2.24, 2.45) is 0 Å². The molecule has 178 valence electrons. The number of nitrogens with one attached hydrogen (secondary N) is 1. The lowest BCUT2D eigenvalue weighted by Crippen LogP contribution is -2.33. The van der Waals surface area contributed by atoms with Gasteiger partial charge in [0.15, 0.2) is 24.2 Å². The predicted octanol–water partition coefficient (Wildman–Crippen LogP) is 3.39. The van der Waals surface area contributed by atoms with Crippen molar-refractivity contribution in [3.05, 3.63) is 77.1 Å². The number of esters is 1. The monoisotopic (exact) mass is 464 g/mol. The van der Waals surface area contributed by atoms with Gasteiger partial charge in [0.1, 0.15) is 6.61 Å². The van der Waals surface area contributed by atoms with Crippen LogP contribution in [-0.2, 0) is 11.3 Å². The van der Waals surface area contributed by atoms with E-state index in [1.165, 1.54) is 0 Å². The second kappa shape index (κ2) is 10.4. The lowest BCUT2D eigenvalue weighted by Gasteiger charge is -2.27. The lowest BCUT2D eigenvalue weighted by atomic mass is 10.1. The Morgan fingerprint density at radius 1 is 1.09 bits per heavy atom. The molecule has 0 bridgehead atoms. The number of hydrogen-bond acceptors (Lipinski definition) is 7. The minimum atomic E-state index is -0.602. The van der Waals surface area contributed by atoms with Gasteiger partial charge in [-0.05, 0) is 44.2 Å². The second-order valence-electron chi connectivity index (χ2n) is 8.09. The number of rotatable bonds is 9. The number of anilines is 1. The molecule has 0 saturated heterocycles. The second-order valence-corrected chi connectivity index (χ2v) is 8.09. The van der Waals surface area contributed by atoms with Gasteiger partial charge in [-0.25, -0.2) is 4.79 Å². The molecule has 0 aliphatic carbocycles.